The van der Waals surface area contributed by atoms with Crippen LogP contribution >= 0.6 is 11.6 Å². The Labute approximate surface area is 158 Å². The molecule has 6 heteroatoms. The first kappa shape index (κ1) is 19.0. The van der Waals surface area contributed by atoms with Crippen LogP contribution in [-0.4, -0.2) is 31.4 Å². The number of rotatable bonds is 7. The lowest BCUT2D eigenvalue weighted by molar-refractivity contribution is 0.282. The largest absolute Gasteiger partial charge is 0.396 e. The van der Waals surface area contributed by atoms with Crippen molar-refractivity contribution in [1.82, 2.24) is 4.98 Å². The third-order valence-corrected chi connectivity index (χ3v) is 5.64. The molecule has 0 aliphatic rings. The van der Waals surface area contributed by atoms with Crippen molar-refractivity contribution >= 4 is 32.3 Å². The Balaban J connectivity index is 2.08. The molecule has 2 aromatic carbocycles. The molecule has 26 heavy (non-hydrogen) atoms. The maximum absolute atomic E-state index is 11.7. The SMILES string of the molecule is CS(=O)(=O)Cc1cccc2c(C(CCCO)c3ccc(Cl)cc3)c[nH]c12. The minimum atomic E-state index is -3.12. The van der Waals surface area contributed by atoms with Crippen molar-refractivity contribution in [2.45, 2.75) is 24.5 Å². The first-order valence-electron chi connectivity index (χ1n) is 8.52. The molecule has 4 nitrogen and oxygen atoms in total. The van der Waals surface area contributed by atoms with E-state index in [-0.39, 0.29) is 18.3 Å². The maximum atomic E-state index is 11.7. The standard InChI is InChI=1S/C20H22ClNO3S/c1-26(24,25)13-15-4-2-5-18-19(12-22-20(15)18)17(6-3-11-23)14-7-9-16(21)10-8-14/h2,4-5,7-10,12,17,22-23H,3,6,11,13H2,1H3. The number of aliphatic hydroxyl groups excluding tert-OH is 1. The molecule has 0 spiro atoms. The number of H-pyrrole nitrogens is 1. The minimum absolute atomic E-state index is 0.00649. The van der Waals surface area contributed by atoms with E-state index in [1.54, 1.807) is 0 Å². The van der Waals surface area contributed by atoms with Crippen LogP contribution in [0.15, 0.2) is 48.7 Å². The van der Waals surface area contributed by atoms with Crippen LogP contribution in [0.3, 0.4) is 0 Å². The van der Waals surface area contributed by atoms with Gasteiger partial charge in [0.05, 0.1) is 5.75 Å². The van der Waals surface area contributed by atoms with Gasteiger partial charge in [0, 0.05) is 40.9 Å². The molecule has 1 atom stereocenters. The molecule has 0 saturated carbocycles. The minimum Gasteiger partial charge on any atom is -0.396 e. The molecule has 3 aromatic rings. The molecule has 1 unspecified atom stereocenters. The zero-order valence-electron chi connectivity index (χ0n) is 14.6. The highest BCUT2D eigenvalue weighted by Crippen LogP contribution is 2.35. The van der Waals surface area contributed by atoms with Crippen LogP contribution in [0.25, 0.3) is 10.9 Å². The molecule has 1 heterocycles. The molecule has 0 radical (unpaired) electrons. The van der Waals surface area contributed by atoms with E-state index < -0.39 is 9.84 Å². The van der Waals surface area contributed by atoms with Gasteiger partial charge in [-0.05, 0) is 41.7 Å². The predicted molar refractivity (Wildman–Crippen MR) is 106 cm³/mol. The van der Waals surface area contributed by atoms with Gasteiger partial charge in [-0.2, -0.15) is 0 Å². The average molecular weight is 392 g/mol. The second-order valence-corrected chi connectivity index (χ2v) is 9.20. The van der Waals surface area contributed by atoms with E-state index in [0.717, 1.165) is 34.0 Å². The Morgan fingerprint density at radius 2 is 1.88 bits per heavy atom. The van der Waals surface area contributed by atoms with E-state index in [0.29, 0.717) is 11.4 Å². The summed E-state index contributed by atoms with van der Waals surface area (Å²) in [6.45, 7) is 0.131. The van der Waals surface area contributed by atoms with Gasteiger partial charge >= 0.3 is 0 Å². The van der Waals surface area contributed by atoms with Gasteiger partial charge in [-0.1, -0.05) is 41.9 Å². The van der Waals surface area contributed by atoms with E-state index >= 15 is 0 Å². The van der Waals surface area contributed by atoms with E-state index in [2.05, 4.69) is 4.98 Å². The monoisotopic (exact) mass is 391 g/mol. The number of benzene rings is 2. The topological polar surface area (TPSA) is 70.2 Å². The normalized spacial score (nSPS) is 13.2. The fourth-order valence-corrected chi connectivity index (χ4v) is 4.35. The Morgan fingerprint density at radius 3 is 2.54 bits per heavy atom. The van der Waals surface area contributed by atoms with Gasteiger partial charge in [-0.3, -0.25) is 0 Å². The summed E-state index contributed by atoms with van der Waals surface area (Å²) in [4.78, 5) is 3.26. The Morgan fingerprint density at radius 1 is 1.15 bits per heavy atom. The molecule has 1 aromatic heterocycles. The Bertz CT molecular complexity index is 994. The highest BCUT2D eigenvalue weighted by Gasteiger charge is 2.19. The summed E-state index contributed by atoms with van der Waals surface area (Å²) < 4.78 is 23.5. The van der Waals surface area contributed by atoms with E-state index in [1.165, 1.54) is 6.26 Å². The van der Waals surface area contributed by atoms with E-state index in [9.17, 15) is 13.5 Å². The third kappa shape index (κ3) is 4.29. The zero-order valence-corrected chi connectivity index (χ0v) is 16.1. The van der Waals surface area contributed by atoms with Gasteiger partial charge in [0.2, 0.25) is 0 Å². The molecule has 0 aliphatic heterocycles. The van der Waals surface area contributed by atoms with Crippen LogP contribution in [0.5, 0.6) is 0 Å². The molecule has 0 amide bonds. The van der Waals surface area contributed by atoms with Gasteiger partial charge in [0.25, 0.3) is 0 Å². The van der Waals surface area contributed by atoms with Crippen LogP contribution in [-0.2, 0) is 15.6 Å². The number of para-hydroxylation sites is 1. The quantitative estimate of drug-likeness (QED) is 0.631. The molecular formula is C20H22ClNO3S. The number of hydrogen-bond donors (Lipinski definition) is 2. The third-order valence-electron chi connectivity index (χ3n) is 4.55. The van der Waals surface area contributed by atoms with Gasteiger partial charge < -0.3 is 10.1 Å². The number of aliphatic hydroxyl groups is 1. The summed E-state index contributed by atoms with van der Waals surface area (Å²) in [6, 6.07) is 13.5. The van der Waals surface area contributed by atoms with Gasteiger partial charge in [0.1, 0.15) is 0 Å². The van der Waals surface area contributed by atoms with Crippen molar-refractivity contribution in [3.8, 4) is 0 Å². The van der Waals surface area contributed by atoms with Crippen molar-refractivity contribution in [2.75, 3.05) is 12.9 Å². The zero-order chi connectivity index (χ0) is 18.7. The molecule has 138 valence electrons. The second kappa shape index (κ2) is 7.82. The summed E-state index contributed by atoms with van der Waals surface area (Å²) >= 11 is 6.02. The Hall–Kier alpha value is -1.82. The molecular weight excluding hydrogens is 370 g/mol. The van der Waals surface area contributed by atoms with Crippen molar-refractivity contribution in [3.05, 3.63) is 70.4 Å². The van der Waals surface area contributed by atoms with Crippen LogP contribution in [0.4, 0.5) is 0 Å². The van der Waals surface area contributed by atoms with Crippen LogP contribution in [0.1, 0.15) is 35.4 Å². The summed E-state index contributed by atoms with van der Waals surface area (Å²) in [5.41, 5.74) is 3.85. The number of hydrogen-bond acceptors (Lipinski definition) is 3. The summed E-state index contributed by atoms with van der Waals surface area (Å²) in [5, 5.41) is 11.0. The number of nitrogens with one attached hydrogen (secondary N) is 1. The summed E-state index contributed by atoms with van der Waals surface area (Å²) in [6.07, 6.45) is 4.67. The second-order valence-electron chi connectivity index (χ2n) is 6.62. The molecule has 0 bridgehead atoms. The lowest BCUT2D eigenvalue weighted by Gasteiger charge is -2.17. The number of fused-ring (bicyclic) bond motifs is 1. The fraction of sp³-hybridized carbons (Fsp3) is 0.300. The number of halogens is 1. The Kier molecular flexibility index (Phi) is 5.70. The van der Waals surface area contributed by atoms with Crippen molar-refractivity contribution < 1.29 is 13.5 Å². The first-order valence-corrected chi connectivity index (χ1v) is 11.0. The lowest BCUT2D eigenvalue weighted by Crippen LogP contribution is -2.03. The highest BCUT2D eigenvalue weighted by atomic mass is 35.5. The molecule has 0 aliphatic carbocycles. The van der Waals surface area contributed by atoms with Gasteiger partial charge in [-0.15, -0.1) is 0 Å². The van der Waals surface area contributed by atoms with Crippen molar-refractivity contribution in [1.29, 1.82) is 0 Å². The molecule has 0 fully saturated rings. The first-order chi connectivity index (χ1) is 12.4. The van der Waals surface area contributed by atoms with Gasteiger partial charge in [0.15, 0.2) is 9.84 Å². The van der Waals surface area contributed by atoms with Crippen LogP contribution in [0, 0.1) is 0 Å². The van der Waals surface area contributed by atoms with E-state index in [4.69, 9.17) is 11.6 Å². The van der Waals surface area contributed by atoms with Crippen LogP contribution < -0.4 is 0 Å². The summed E-state index contributed by atoms with van der Waals surface area (Å²) in [5.74, 6) is 0.105. The highest BCUT2D eigenvalue weighted by molar-refractivity contribution is 7.89. The van der Waals surface area contributed by atoms with Crippen molar-refractivity contribution in [3.63, 3.8) is 0 Å². The number of sulfone groups is 1. The van der Waals surface area contributed by atoms with Gasteiger partial charge in [-0.25, -0.2) is 8.42 Å². The fourth-order valence-electron chi connectivity index (χ4n) is 3.42. The molecule has 2 N–H and O–H groups in total. The number of aromatic nitrogens is 1. The molecule has 3 rings (SSSR count). The van der Waals surface area contributed by atoms with Crippen LogP contribution in [0.2, 0.25) is 5.02 Å². The smallest absolute Gasteiger partial charge is 0.151 e. The molecule has 0 saturated heterocycles. The van der Waals surface area contributed by atoms with E-state index in [1.807, 2.05) is 48.7 Å². The van der Waals surface area contributed by atoms with Crippen molar-refractivity contribution in [2.24, 2.45) is 0 Å². The average Bonchev–Trinajstić information content (AvgIpc) is 3.01. The maximum Gasteiger partial charge on any atom is 0.151 e. The number of aromatic amines is 1. The summed E-state index contributed by atoms with van der Waals surface area (Å²) in [7, 11) is -3.12. The predicted octanol–water partition coefficient (Wildman–Crippen LogP) is 4.27. The lowest BCUT2D eigenvalue weighted by atomic mass is 9.87.